The quantitative estimate of drug-likeness (QED) is 0.518. The maximum Gasteiger partial charge on any atom is 0.186 e. The Morgan fingerprint density at radius 2 is 2.19 bits per heavy atom. The highest BCUT2D eigenvalue weighted by Crippen LogP contribution is 2.18. The van der Waals surface area contributed by atoms with Crippen molar-refractivity contribution in [2.45, 2.75) is 26.9 Å². The maximum absolute atomic E-state index is 11.5. The molecule has 16 heavy (non-hydrogen) atoms. The van der Waals surface area contributed by atoms with Gasteiger partial charge in [-0.05, 0) is 19.9 Å². The summed E-state index contributed by atoms with van der Waals surface area (Å²) >= 11 is 0. The molecule has 2 rings (SSSR count). The molecule has 1 aromatic heterocycles. The van der Waals surface area contributed by atoms with Gasteiger partial charge in [0.05, 0.1) is 5.69 Å². The number of fused-ring (bicyclic) bond motifs is 1. The second-order valence-electron chi connectivity index (χ2n) is 4.05. The molecule has 1 aliphatic heterocycles. The van der Waals surface area contributed by atoms with Crippen molar-refractivity contribution in [2.75, 3.05) is 13.6 Å². The molecule has 84 valence electrons. The van der Waals surface area contributed by atoms with Crippen LogP contribution in [0.3, 0.4) is 0 Å². The number of imidazole rings is 1. The average Bonchev–Trinajstić information content (AvgIpc) is 2.57. The summed E-state index contributed by atoms with van der Waals surface area (Å²) in [5, 5.41) is 0. The van der Waals surface area contributed by atoms with Crippen LogP contribution < -0.4 is 0 Å². The number of rotatable bonds is 1. The Hall–Kier alpha value is -1.60. The van der Waals surface area contributed by atoms with E-state index in [2.05, 4.69) is 26.3 Å². The molecule has 0 bridgehead atoms. The van der Waals surface area contributed by atoms with Gasteiger partial charge >= 0.3 is 0 Å². The summed E-state index contributed by atoms with van der Waals surface area (Å²) in [6.07, 6.45) is 0. The lowest BCUT2D eigenvalue weighted by Gasteiger charge is -2.24. The van der Waals surface area contributed by atoms with Gasteiger partial charge in [0.2, 0.25) is 0 Å². The molecule has 0 saturated heterocycles. The van der Waals surface area contributed by atoms with Gasteiger partial charge in [-0.2, -0.15) is 0 Å². The minimum Gasteiger partial charge on any atom is -0.318 e. The van der Waals surface area contributed by atoms with E-state index in [-0.39, 0.29) is 5.78 Å². The van der Waals surface area contributed by atoms with Gasteiger partial charge < -0.3 is 4.57 Å². The second kappa shape index (κ2) is 4.11. The minimum absolute atomic E-state index is 0.0169. The van der Waals surface area contributed by atoms with Crippen molar-refractivity contribution in [3.8, 4) is 11.8 Å². The zero-order valence-corrected chi connectivity index (χ0v) is 9.87. The van der Waals surface area contributed by atoms with Crippen molar-refractivity contribution in [3.63, 3.8) is 0 Å². The summed E-state index contributed by atoms with van der Waals surface area (Å²) in [7, 11) is 2.05. The summed E-state index contributed by atoms with van der Waals surface area (Å²) in [5.74, 6) is 6.53. The fraction of sp³-hybridized carbons (Fsp3) is 0.500. The Balaban J connectivity index is 2.55. The number of aromatic nitrogens is 2. The number of Topliss-reactive ketones (excluding diaryl/α,β-unsaturated/α-hetero) is 1. The van der Waals surface area contributed by atoms with E-state index < -0.39 is 0 Å². The van der Waals surface area contributed by atoms with Crippen molar-refractivity contribution >= 4 is 5.78 Å². The normalized spacial score (nSPS) is 15.2. The van der Waals surface area contributed by atoms with Gasteiger partial charge in [0, 0.05) is 26.6 Å². The van der Waals surface area contributed by atoms with Gasteiger partial charge in [-0.25, -0.2) is 4.98 Å². The zero-order chi connectivity index (χ0) is 11.7. The highest BCUT2D eigenvalue weighted by atomic mass is 16.1. The molecule has 0 radical (unpaired) electrons. The number of ketones is 1. The van der Waals surface area contributed by atoms with Crippen LogP contribution in [0.5, 0.6) is 0 Å². The summed E-state index contributed by atoms with van der Waals surface area (Å²) in [6.45, 7) is 5.94. The lowest BCUT2D eigenvalue weighted by Crippen LogP contribution is -2.31. The van der Waals surface area contributed by atoms with Crippen molar-refractivity contribution in [1.82, 2.24) is 14.5 Å². The molecular formula is C12H15N3O. The van der Waals surface area contributed by atoms with Crippen LogP contribution in [0, 0.1) is 11.8 Å². The molecule has 0 spiro atoms. The first-order valence-electron chi connectivity index (χ1n) is 5.35. The van der Waals surface area contributed by atoms with E-state index in [4.69, 9.17) is 0 Å². The number of carbonyl (C=O) groups excluding carboxylic acids is 1. The van der Waals surface area contributed by atoms with E-state index in [1.807, 2.05) is 7.05 Å². The molecule has 1 aromatic rings. The first kappa shape index (κ1) is 10.9. The molecule has 4 nitrogen and oxygen atoms in total. The molecule has 0 aliphatic carbocycles. The molecule has 2 heterocycles. The van der Waals surface area contributed by atoms with Gasteiger partial charge in [-0.1, -0.05) is 5.92 Å². The third-order valence-electron chi connectivity index (χ3n) is 2.77. The lowest BCUT2D eigenvalue weighted by atomic mass is 10.2. The Morgan fingerprint density at radius 1 is 1.44 bits per heavy atom. The van der Waals surface area contributed by atoms with Crippen LogP contribution in [0.1, 0.15) is 35.9 Å². The van der Waals surface area contributed by atoms with Crippen LogP contribution in [-0.2, 0) is 13.1 Å². The molecule has 0 N–H and O–H groups in total. The number of hydrogen-bond donors (Lipinski definition) is 0. The first-order valence-corrected chi connectivity index (χ1v) is 5.35. The Kier molecular flexibility index (Phi) is 2.80. The lowest BCUT2D eigenvalue weighted by molar-refractivity contribution is 0.101. The highest BCUT2D eigenvalue weighted by Gasteiger charge is 2.23. The summed E-state index contributed by atoms with van der Waals surface area (Å²) in [6, 6.07) is 0. The fourth-order valence-electron chi connectivity index (χ4n) is 1.98. The van der Waals surface area contributed by atoms with Crippen LogP contribution in [0.2, 0.25) is 0 Å². The predicted octanol–water partition coefficient (Wildman–Crippen LogP) is 0.902. The Labute approximate surface area is 95.3 Å². The monoisotopic (exact) mass is 217 g/mol. The molecule has 4 heteroatoms. The molecule has 0 fully saturated rings. The summed E-state index contributed by atoms with van der Waals surface area (Å²) in [4.78, 5) is 18.0. The predicted molar refractivity (Wildman–Crippen MR) is 61.1 cm³/mol. The van der Waals surface area contributed by atoms with Crippen molar-refractivity contribution in [1.29, 1.82) is 0 Å². The SMILES string of the molecule is CC#Cc1nc(C(C)=O)c2n1CCN(C)C2. The summed E-state index contributed by atoms with van der Waals surface area (Å²) in [5.41, 5.74) is 1.57. The Morgan fingerprint density at radius 3 is 2.81 bits per heavy atom. The molecule has 0 atom stereocenters. The third-order valence-corrected chi connectivity index (χ3v) is 2.77. The maximum atomic E-state index is 11.5. The Bertz CT molecular complexity index is 490. The molecule has 0 unspecified atom stereocenters. The minimum atomic E-state index is 0.0169. The smallest absolute Gasteiger partial charge is 0.186 e. The number of carbonyl (C=O) groups is 1. The fourth-order valence-corrected chi connectivity index (χ4v) is 1.98. The van der Waals surface area contributed by atoms with Crippen LogP contribution in [0.25, 0.3) is 0 Å². The van der Waals surface area contributed by atoms with Gasteiger partial charge in [0.1, 0.15) is 5.69 Å². The molecule has 0 saturated carbocycles. The van der Waals surface area contributed by atoms with E-state index in [1.165, 1.54) is 0 Å². The number of nitrogens with zero attached hydrogens (tertiary/aromatic N) is 3. The van der Waals surface area contributed by atoms with Gasteiger partial charge in [-0.15, -0.1) is 0 Å². The van der Waals surface area contributed by atoms with Gasteiger partial charge in [0.25, 0.3) is 0 Å². The number of likely N-dealkylation sites (N-methyl/N-ethyl adjacent to an activating group) is 1. The van der Waals surface area contributed by atoms with Gasteiger partial charge in [-0.3, -0.25) is 9.69 Å². The average molecular weight is 217 g/mol. The molecular weight excluding hydrogens is 202 g/mol. The van der Waals surface area contributed by atoms with E-state index in [0.29, 0.717) is 5.69 Å². The standard InChI is InChI=1S/C12H15N3O/c1-4-5-11-13-12(9(2)16)10-8-14(3)6-7-15(10)11/h6-8H2,1-3H3. The van der Waals surface area contributed by atoms with Crippen LogP contribution in [0.4, 0.5) is 0 Å². The van der Waals surface area contributed by atoms with E-state index >= 15 is 0 Å². The van der Waals surface area contributed by atoms with Crippen LogP contribution in [-0.4, -0.2) is 33.8 Å². The van der Waals surface area contributed by atoms with Gasteiger partial charge in [0.15, 0.2) is 11.6 Å². The molecule has 0 aromatic carbocycles. The highest BCUT2D eigenvalue weighted by molar-refractivity contribution is 5.93. The molecule has 0 amide bonds. The zero-order valence-electron chi connectivity index (χ0n) is 9.87. The topological polar surface area (TPSA) is 38.1 Å². The van der Waals surface area contributed by atoms with Crippen molar-refractivity contribution in [3.05, 3.63) is 17.2 Å². The first-order chi connectivity index (χ1) is 7.63. The van der Waals surface area contributed by atoms with E-state index in [1.54, 1.807) is 13.8 Å². The van der Waals surface area contributed by atoms with Crippen molar-refractivity contribution in [2.24, 2.45) is 0 Å². The third kappa shape index (κ3) is 1.74. The number of hydrogen-bond acceptors (Lipinski definition) is 3. The summed E-state index contributed by atoms with van der Waals surface area (Å²) < 4.78 is 2.06. The van der Waals surface area contributed by atoms with Crippen LogP contribution in [0.15, 0.2) is 0 Å². The van der Waals surface area contributed by atoms with E-state index in [9.17, 15) is 4.79 Å². The van der Waals surface area contributed by atoms with Crippen molar-refractivity contribution < 1.29 is 4.79 Å². The molecule has 1 aliphatic rings. The van der Waals surface area contributed by atoms with E-state index in [0.717, 1.165) is 31.2 Å². The van der Waals surface area contributed by atoms with Crippen LogP contribution >= 0.6 is 0 Å². The second-order valence-corrected chi connectivity index (χ2v) is 4.05. The largest absolute Gasteiger partial charge is 0.318 e.